The highest BCUT2D eigenvalue weighted by Gasteiger charge is 2.25. The van der Waals surface area contributed by atoms with E-state index < -0.39 is 0 Å². The molecule has 1 unspecified atom stereocenters. The van der Waals surface area contributed by atoms with Gasteiger partial charge in [-0.25, -0.2) is 9.97 Å². The molecular weight excluding hydrogens is 270 g/mol. The third kappa shape index (κ3) is 2.64. The summed E-state index contributed by atoms with van der Waals surface area (Å²) < 4.78 is 0. The van der Waals surface area contributed by atoms with Crippen molar-refractivity contribution in [2.45, 2.75) is 6.04 Å². The van der Waals surface area contributed by atoms with Crippen molar-refractivity contribution in [1.82, 2.24) is 14.9 Å². The predicted octanol–water partition coefficient (Wildman–Crippen LogP) is 1.92. The van der Waals surface area contributed by atoms with Crippen molar-refractivity contribution in [2.75, 3.05) is 31.1 Å². The lowest BCUT2D eigenvalue weighted by Crippen LogP contribution is -2.47. The van der Waals surface area contributed by atoms with Crippen LogP contribution in [0.5, 0.6) is 0 Å². The average Bonchev–Trinajstić information content (AvgIpc) is 3.04. The number of nitriles is 1. The molecule has 2 aromatic heterocycles. The highest BCUT2D eigenvalue weighted by atomic mass is 32.1. The molecule has 0 saturated carbocycles. The summed E-state index contributed by atoms with van der Waals surface area (Å²) in [7, 11) is 0. The van der Waals surface area contributed by atoms with Gasteiger partial charge in [0.2, 0.25) is 5.95 Å². The van der Waals surface area contributed by atoms with Crippen LogP contribution in [0, 0.1) is 11.3 Å². The van der Waals surface area contributed by atoms with E-state index in [9.17, 15) is 5.26 Å². The van der Waals surface area contributed by atoms with Crippen molar-refractivity contribution in [2.24, 2.45) is 0 Å². The molecule has 0 N–H and O–H groups in total. The van der Waals surface area contributed by atoms with Crippen LogP contribution < -0.4 is 4.90 Å². The SMILES string of the molecule is N#CC(c1ccsc1)N1CCN(c2ncccn2)CC1. The summed E-state index contributed by atoms with van der Waals surface area (Å²) in [6, 6.07) is 6.13. The minimum atomic E-state index is -0.139. The molecule has 0 aliphatic carbocycles. The van der Waals surface area contributed by atoms with Crippen LogP contribution in [0.25, 0.3) is 0 Å². The summed E-state index contributed by atoms with van der Waals surface area (Å²) in [6.07, 6.45) is 3.52. The van der Waals surface area contributed by atoms with Crippen LogP contribution in [0.3, 0.4) is 0 Å². The van der Waals surface area contributed by atoms with Crippen molar-refractivity contribution >= 4 is 17.3 Å². The first kappa shape index (κ1) is 13.0. The zero-order chi connectivity index (χ0) is 13.8. The molecule has 3 heterocycles. The van der Waals surface area contributed by atoms with Gasteiger partial charge in [-0.2, -0.15) is 16.6 Å². The number of hydrogen-bond acceptors (Lipinski definition) is 6. The second-order valence-corrected chi connectivity index (χ2v) is 5.44. The maximum Gasteiger partial charge on any atom is 0.225 e. The van der Waals surface area contributed by atoms with Gasteiger partial charge >= 0.3 is 0 Å². The quantitative estimate of drug-likeness (QED) is 0.862. The molecular formula is C14H15N5S. The van der Waals surface area contributed by atoms with E-state index in [1.807, 2.05) is 17.5 Å². The van der Waals surface area contributed by atoms with Gasteiger partial charge in [0, 0.05) is 38.6 Å². The van der Waals surface area contributed by atoms with E-state index in [0.29, 0.717) is 0 Å². The molecule has 1 aliphatic heterocycles. The van der Waals surface area contributed by atoms with Crippen molar-refractivity contribution in [3.05, 3.63) is 40.8 Å². The Balaban J connectivity index is 1.65. The summed E-state index contributed by atoms with van der Waals surface area (Å²) in [5, 5.41) is 13.5. The van der Waals surface area contributed by atoms with Crippen molar-refractivity contribution in [3.63, 3.8) is 0 Å². The fourth-order valence-electron chi connectivity index (χ4n) is 2.43. The number of aromatic nitrogens is 2. The molecule has 0 amide bonds. The standard InChI is InChI=1S/C14H15N5S/c15-10-13(12-2-9-20-11-12)18-5-7-19(8-6-18)14-16-3-1-4-17-14/h1-4,9,11,13H,5-8H2. The van der Waals surface area contributed by atoms with E-state index in [2.05, 4.69) is 31.2 Å². The van der Waals surface area contributed by atoms with Crippen LogP contribution in [0.1, 0.15) is 11.6 Å². The second-order valence-electron chi connectivity index (χ2n) is 4.66. The minimum Gasteiger partial charge on any atom is -0.338 e. The van der Waals surface area contributed by atoms with Crippen LogP contribution in [0.15, 0.2) is 35.3 Å². The highest BCUT2D eigenvalue weighted by molar-refractivity contribution is 7.08. The number of thiophene rings is 1. The number of rotatable bonds is 3. The Hall–Kier alpha value is -1.97. The Kier molecular flexibility index (Phi) is 3.90. The smallest absolute Gasteiger partial charge is 0.225 e. The molecule has 1 saturated heterocycles. The van der Waals surface area contributed by atoms with Crippen molar-refractivity contribution in [1.29, 1.82) is 5.26 Å². The zero-order valence-electron chi connectivity index (χ0n) is 11.0. The van der Waals surface area contributed by atoms with Crippen LogP contribution in [-0.2, 0) is 0 Å². The molecule has 0 bridgehead atoms. The lowest BCUT2D eigenvalue weighted by Gasteiger charge is -2.36. The first-order valence-electron chi connectivity index (χ1n) is 6.56. The first-order valence-corrected chi connectivity index (χ1v) is 7.50. The summed E-state index contributed by atoms with van der Waals surface area (Å²) in [6.45, 7) is 3.41. The minimum absolute atomic E-state index is 0.139. The Bertz CT molecular complexity index is 569. The van der Waals surface area contributed by atoms with Gasteiger partial charge in [0.1, 0.15) is 6.04 Å². The van der Waals surface area contributed by atoms with Gasteiger partial charge in [0.15, 0.2) is 0 Å². The molecule has 0 aromatic carbocycles. The lowest BCUT2D eigenvalue weighted by molar-refractivity contribution is 0.221. The summed E-state index contributed by atoms with van der Waals surface area (Å²) >= 11 is 1.64. The van der Waals surface area contributed by atoms with Crippen molar-refractivity contribution in [3.8, 4) is 6.07 Å². The van der Waals surface area contributed by atoms with Gasteiger partial charge < -0.3 is 4.90 Å². The van der Waals surface area contributed by atoms with Crippen LogP contribution in [0.2, 0.25) is 0 Å². The topological polar surface area (TPSA) is 56.1 Å². The van der Waals surface area contributed by atoms with E-state index in [0.717, 1.165) is 37.7 Å². The fraction of sp³-hybridized carbons (Fsp3) is 0.357. The molecule has 1 aliphatic rings. The van der Waals surface area contributed by atoms with Crippen molar-refractivity contribution < 1.29 is 0 Å². The Morgan fingerprint density at radius 2 is 1.95 bits per heavy atom. The molecule has 102 valence electrons. The molecule has 0 spiro atoms. The molecule has 1 atom stereocenters. The molecule has 2 aromatic rings. The number of nitrogens with zero attached hydrogens (tertiary/aromatic N) is 5. The van der Waals surface area contributed by atoms with Gasteiger partial charge in [-0.15, -0.1) is 0 Å². The van der Waals surface area contributed by atoms with Gasteiger partial charge in [-0.1, -0.05) is 0 Å². The monoisotopic (exact) mass is 285 g/mol. The van der Waals surface area contributed by atoms with E-state index in [-0.39, 0.29) is 6.04 Å². The van der Waals surface area contributed by atoms with Gasteiger partial charge in [0.25, 0.3) is 0 Å². The largest absolute Gasteiger partial charge is 0.338 e. The molecule has 1 fully saturated rings. The van der Waals surface area contributed by atoms with Crippen LogP contribution in [0.4, 0.5) is 5.95 Å². The lowest BCUT2D eigenvalue weighted by atomic mass is 10.1. The van der Waals surface area contributed by atoms with Gasteiger partial charge in [-0.3, -0.25) is 4.90 Å². The highest BCUT2D eigenvalue weighted by Crippen LogP contribution is 2.24. The number of piperazine rings is 1. The Morgan fingerprint density at radius 3 is 2.55 bits per heavy atom. The predicted molar refractivity (Wildman–Crippen MR) is 78.5 cm³/mol. The van der Waals surface area contributed by atoms with E-state index in [1.165, 1.54) is 0 Å². The fourth-order valence-corrected chi connectivity index (χ4v) is 3.11. The first-order chi connectivity index (χ1) is 9.88. The van der Waals surface area contributed by atoms with Gasteiger partial charge in [-0.05, 0) is 28.5 Å². The summed E-state index contributed by atoms with van der Waals surface area (Å²) in [5.74, 6) is 0.774. The zero-order valence-corrected chi connectivity index (χ0v) is 11.8. The van der Waals surface area contributed by atoms with Crippen LogP contribution in [-0.4, -0.2) is 41.0 Å². The number of anilines is 1. The summed E-state index contributed by atoms with van der Waals surface area (Å²) in [4.78, 5) is 12.9. The normalized spacial score (nSPS) is 17.6. The van der Waals surface area contributed by atoms with E-state index in [1.54, 1.807) is 23.7 Å². The molecule has 5 nitrogen and oxygen atoms in total. The Morgan fingerprint density at radius 1 is 1.20 bits per heavy atom. The molecule has 20 heavy (non-hydrogen) atoms. The second kappa shape index (κ2) is 5.99. The van der Waals surface area contributed by atoms with E-state index >= 15 is 0 Å². The third-order valence-electron chi connectivity index (χ3n) is 3.50. The Labute approximate surface area is 122 Å². The maximum atomic E-state index is 9.41. The number of hydrogen-bond donors (Lipinski definition) is 0. The maximum absolute atomic E-state index is 9.41. The third-order valence-corrected chi connectivity index (χ3v) is 4.20. The van der Waals surface area contributed by atoms with Crippen LogP contribution >= 0.6 is 11.3 Å². The van der Waals surface area contributed by atoms with E-state index in [4.69, 9.17) is 0 Å². The summed E-state index contributed by atoms with van der Waals surface area (Å²) in [5.41, 5.74) is 1.10. The average molecular weight is 285 g/mol. The molecule has 6 heteroatoms. The molecule has 0 radical (unpaired) electrons. The van der Waals surface area contributed by atoms with Gasteiger partial charge in [0.05, 0.1) is 6.07 Å². The molecule has 3 rings (SSSR count).